The molecule has 0 aromatic heterocycles. The number of rotatable bonds is 5. The van der Waals surface area contributed by atoms with Gasteiger partial charge in [-0.15, -0.1) is 12.4 Å². The summed E-state index contributed by atoms with van der Waals surface area (Å²) in [5.74, 6) is 3.34. The highest BCUT2D eigenvalue weighted by atomic mass is 35.5. The van der Waals surface area contributed by atoms with Gasteiger partial charge in [0, 0.05) is 12.6 Å². The summed E-state index contributed by atoms with van der Waals surface area (Å²) in [6, 6.07) is 5.76. The topological polar surface area (TPSA) is 64.3 Å². The predicted octanol–water partition coefficient (Wildman–Crippen LogP) is 5.36. The van der Waals surface area contributed by atoms with Gasteiger partial charge in [-0.3, -0.25) is 4.79 Å². The van der Waals surface area contributed by atoms with Gasteiger partial charge in [0.05, 0.1) is 16.7 Å². The highest BCUT2D eigenvalue weighted by molar-refractivity contribution is 6.33. The quantitative estimate of drug-likeness (QED) is 0.631. The molecule has 6 heteroatoms. The van der Waals surface area contributed by atoms with Crippen LogP contribution in [0.5, 0.6) is 5.75 Å². The largest absolute Gasteiger partial charge is 0.490 e. The van der Waals surface area contributed by atoms with Crippen molar-refractivity contribution in [1.29, 1.82) is 0 Å². The molecule has 0 radical (unpaired) electrons. The number of nitrogens with two attached hydrogens (primary N) is 1. The Morgan fingerprint density at radius 3 is 2.27 bits per heavy atom. The highest BCUT2D eigenvalue weighted by Crippen LogP contribution is 2.59. The number of benzene rings is 1. The maximum Gasteiger partial charge on any atom is 0.252 e. The van der Waals surface area contributed by atoms with Crippen molar-refractivity contribution in [2.45, 2.75) is 76.4 Å². The second-order valence-electron chi connectivity index (χ2n) is 10.4. The van der Waals surface area contributed by atoms with E-state index in [0.717, 1.165) is 55.7 Å². The second-order valence-corrected chi connectivity index (χ2v) is 10.8. The molecule has 0 heterocycles. The van der Waals surface area contributed by atoms with Gasteiger partial charge in [0.2, 0.25) is 0 Å². The van der Waals surface area contributed by atoms with E-state index < -0.39 is 0 Å². The van der Waals surface area contributed by atoms with Crippen LogP contribution < -0.4 is 15.8 Å². The van der Waals surface area contributed by atoms with Crippen molar-refractivity contribution >= 4 is 29.9 Å². The standard InChI is InChI=1S/C24H33ClN2O2.ClH/c25-22-6-5-20(29-19-3-1-18(26)2-4-19)10-21(22)23(28)27-14-24-11-15-7-16(12-24)9-17(8-15)13-24;/h5-6,10,15-19H,1-4,7-9,11-14,26H2,(H,27,28);1H. The summed E-state index contributed by atoms with van der Waals surface area (Å²) in [7, 11) is 0. The van der Waals surface area contributed by atoms with E-state index in [2.05, 4.69) is 5.32 Å². The Balaban J connectivity index is 0.00000218. The van der Waals surface area contributed by atoms with Gasteiger partial charge in [-0.25, -0.2) is 0 Å². The first kappa shape index (κ1) is 22.2. The number of hydrogen-bond acceptors (Lipinski definition) is 3. The maximum atomic E-state index is 13.0. The molecule has 30 heavy (non-hydrogen) atoms. The van der Waals surface area contributed by atoms with Gasteiger partial charge in [-0.05, 0) is 106 Å². The van der Waals surface area contributed by atoms with Crippen molar-refractivity contribution in [1.82, 2.24) is 5.32 Å². The summed E-state index contributed by atoms with van der Waals surface area (Å²) in [5, 5.41) is 3.73. The number of nitrogens with one attached hydrogen (secondary N) is 1. The lowest BCUT2D eigenvalue weighted by atomic mass is 9.49. The lowest BCUT2D eigenvalue weighted by Gasteiger charge is -2.56. The third-order valence-electron chi connectivity index (χ3n) is 7.99. The normalized spacial score (nSPS) is 36.8. The molecule has 0 unspecified atom stereocenters. The van der Waals surface area contributed by atoms with E-state index in [9.17, 15) is 4.79 Å². The fraction of sp³-hybridized carbons (Fsp3) is 0.708. The average molecular weight is 453 g/mol. The molecule has 1 amide bonds. The van der Waals surface area contributed by atoms with Crippen LogP contribution in [0.2, 0.25) is 5.02 Å². The van der Waals surface area contributed by atoms with Crippen LogP contribution in [0.1, 0.15) is 74.6 Å². The van der Waals surface area contributed by atoms with Gasteiger partial charge in [0.25, 0.3) is 5.91 Å². The first-order chi connectivity index (χ1) is 14.0. The first-order valence-electron chi connectivity index (χ1n) is 11.5. The van der Waals surface area contributed by atoms with E-state index in [0.29, 0.717) is 22.0 Å². The number of carbonyl (C=O) groups excluding carboxylic acids is 1. The third-order valence-corrected chi connectivity index (χ3v) is 8.32. The van der Waals surface area contributed by atoms with Gasteiger partial charge >= 0.3 is 0 Å². The Kier molecular flexibility index (Phi) is 6.58. The molecule has 1 aromatic rings. The van der Waals surface area contributed by atoms with E-state index in [1.807, 2.05) is 12.1 Å². The number of amides is 1. The molecule has 5 aliphatic rings. The molecule has 5 fully saturated rings. The molecule has 0 saturated heterocycles. The number of hydrogen-bond donors (Lipinski definition) is 2. The van der Waals surface area contributed by atoms with Crippen LogP contribution in [0.25, 0.3) is 0 Å². The van der Waals surface area contributed by atoms with Crippen molar-refractivity contribution in [2.75, 3.05) is 6.54 Å². The Morgan fingerprint density at radius 1 is 1.07 bits per heavy atom. The summed E-state index contributed by atoms with van der Waals surface area (Å²) >= 11 is 6.37. The molecule has 0 atom stereocenters. The van der Waals surface area contributed by atoms with Crippen LogP contribution in [-0.2, 0) is 0 Å². The van der Waals surface area contributed by atoms with Gasteiger partial charge in [-0.2, -0.15) is 0 Å². The van der Waals surface area contributed by atoms with E-state index in [1.165, 1.54) is 38.5 Å². The monoisotopic (exact) mass is 452 g/mol. The molecule has 6 rings (SSSR count). The van der Waals surface area contributed by atoms with Gasteiger partial charge in [-0.1, -0.05) is 11.6 Å². The zero-order chi connectivity index (χ0) is 20.0. The first-order valence-corrected chi connectivity index (χ1v) is 11.9. The van der Waals surface area contributed by atoms with Crippen molar-refractivity contribution in [2.24, 2.45) is 28.9 Å². The molecular formula is C24H34Cl2N2O2. The minimum atomic E-state index is -0.0677. The van der Waals surface area contributed by atoms with Crippen LogP contribution in [0.3, 0.4) is 0 Å². The fourth-order valence-electron chi connectivity index (χ4n) is 7.02. The van der Waals surface area contributed by atoms with Gasteiger partial charge < -0.3 is 15.8 Å². The molecule has 5 aliphatic carbocycles. The fourth-order valence-corrected chi connectivity index (χ4v) is 7.22. The minimum Gasteiger partial charge on any atom is -0.490 e. The zero-order valence-electron chi connectivity index (χ0n) is 17.6. The van der Waals surface area contributed by atoms with Gasteiger partial charge in [0.15, 0.2) is 0 Å². The van der Waals surface area contributed by atoms with E-state index >= 15 is 0 Å². The van der Waals surface area contributed by atoms with Crippen molar-refractivity contribution in [3.8, 4) is 5.75 Å². The van der Waals surface area contributed by atoms with Crippen LogP contribution in [0, 0.1) is 23.2 Å². The predicted molar refractivity (Wildman–Crippen MR) is 122 cm³/mol. The second kappa shape index (κ2) is 8.88. The number of carbonyl (C=O) groups is 1. The molecule has 5 saturated carbocycles. The van der Waals surface area contributed by atoms with E-state index in [-0.39, 0.29) is 24.4 Å². The Hall–Kier alpha value is -0.970. The zero-order valence-corrected chi connectivity index (χ0v) is 19.1. The molecular weight excluding hydrogens is 419 g/mol. The molecule has 0 spiro atoms. The molecule has 1 aromatic carbocycles. The van der Waals surface area contributed by atoms with Crippen LogP contribution >= 0.6 is 24.0 Å². The Bertz CT molecular complexity index is 741. The molecule has 4 nitrogen and oxygen atoms in total. The third kappa shape index (κ3) is 4.61. The SMILES string of the molecule is Cl.NC1CCC(Oc2ccc(Cl)c(C(=O)NCC34CC5CC(CC(C5)C3)C4)c2)CC1. The number of halogens is 2. The van der Waals surface area contributed by atoms with E-state index in [1.54, 1.807) is 6.07 Å². The van der Waals surface area contributed by atoms with Crippen molar-refractivity contribution < 1.29 is 9.53 Å². The van der Waals surface area contributed by atoms with Crippen molar-refractivity contribution in [3.05, 3.63) is 28.8 Å². The lowest BCUT2D eigenvalue weighted by Crippen LogP contribution is -2.51. The Morgan fingerprint density at radius 2 is 1.67 bits per heavy atom. The van der Waals surface area contributed by atoms with E-state index in [4.69, 9.17) is 22.1 Å². The smallest absolute Gasteiger partial charge is 0.252 e. The van der Waals surface area contributed by atoms with Crippen LogP contribution in [-0.4, -0.2) is 24.6 Å². The lowest BCUT2D eigenvalue weighted by molar-refractivity contribution is -0.0503. The summed E-state index contributed by atoms with van der Waals surface area (Å²) in [4.78, 5) is 13.0. The molecule has 166 valence electrons. The molecule has 3 N–H and O–H groups in total. The molecule has 0 aliphatic heterocycles. The van der Waals surface area contributed by atoms with Gasteiger partial charge in [0.1, 0.15) is 5.75 Å². The minimum absolute atomic E-state index is 0. The van der Waals surface area contributed by atoms with Crippen LogP contribution in [0.4, 0.5) is 0 Å². The summed E-state index contributed by atoms with van der Waals surface area (Å²) in [6.45, 7) is 0.789. The maximum absolute atomic E-state index is 13.0. The summed E-state index contributed by atoms with van der Waals surface area (Å²) in [5.41, 5.74) is 6.84. The summed E-state index contributed by atoms with van der Waals surface area (Å²) < 4.78 is 6.13. The van der Waals surface area contributed by atoms with Crippen LogP contribution in [0.15, 0.2) is 18.2 Å². The highest BCUT2D eigenvalue weighted by Gasteiger charge is 2.50. The molecule has 4 bridgehead atoms. The summed E-state index contributed by atoms with van der Waals surface area (Å²) in [6.07, 6.45) is 12.3. The average Bonchev–Trinajstić information content (AvgIpc) is 2.68. The number of ether oxygens (including phenoxy) is 1. The van der Waals surface area contributed by atoms with Crippen molar-refractivity contribution in [3.63, 3.8) is 0 Å². The Labute approximate surface area is 191 Å².